The summed E-state index contributed by atoms with van der Waals surface area (Å²) >= 11 is 12.0. The van der Waals surface area contributed by atoms with Crippen LogP contribution in [0.1, 0.15) is 28.8 Å². The summed E-state index contributed by atoms with van der Waals surface area (Å²) in [5.41, 5.74) is 0.730. The molecule has 2 aliphatic rings. The topological polar surface area (TPSA) is 78.0 Å². The smallest absolute Gasteiger partial charge is 0.251 e. The molecule has 2 aromatic carbocycles. The highest BCUT2D eigenvalue weighted by molar-refractivity contribution is 6.31. The molecule has 0 aliphatic heterocycles. The lowest BCUT2D eigenvalue weighted by Crippen LogP contribution is -2.33. The number of aromatic amines is 1. The van der Waals surface area contributed by atoms with Gasteiger partial charge in [-0.05, 0) is 60.6 Å². The second-order valence-corrected chi connectivity index (χ2v) is 8.58. The number of benzene rings is 2. The number of hydrogen-bond donors (Lipinski definition) is 3. The third kappa shape index (κ3) is 2.87. The van der Waals surface area contributed by atoms with Crippen molar-refractivity contribution < 1.29 is 14.3 Å². The third-order valence-corrected chi connectivity index (χ3v) is 6.36. The van der Waals surface area contributed by atoms with Crippen LogP contribution in [0.25, 0.3) is 10.9 Å². The Balaban J connectivity index is 1.32. The number of rotatable bonds is 3. The molecule has 1 unspecified atom stereocenters. The molecular weight excluding hydrogens is 404 g/mol. The van der Waals surface area contributed by atoms with Gasteiger partial charge in [0.1, 0.15) is 5.82 Å². The molecule has 2 fully saturated rings. The van der Waals surface area contributed by atoms with Crippen molar-refractivity contribution in [3.05, 3.63) is 63.5 Å². The van der Waals surface area contributed by atoms with Gasteiger partial charge >= 0.3 is 0 Å². The summed E-state index contributed by atoms with van der Waals surface area (Å²) in [4.78, 5) is 12.4. The highest BCUT2D eigenvalue weighted by Gasteiger charge is 2.62. The molecule has 4 atom stereocenters. The lowest BCUT2D eigenvalue weighted by atomic mass is 9.86. The molecule has 1 heterocycles. The Morgan fingerprint density at radius 1 is 1.18 bits per heavy atom. The van der Waals surface area contributed by atoms with Crippen LogP contribution in [0.3, 0.4) is 0 Å². The van der Waals surface area contributed by atoms with Crippen molar-refractivity contribution in [3.8, 4) is 0 Å². The Morgan fingerprint density at radius 3 is 2.61 bits per heavy atom. The number of nitrogens with zero attached hydrogens (tertiary/aromatic N) is 1. The predicted octanol–water partition coefficient (Wildman–Crippen LogP) is 4.03. The largest absolute Gasteiger partial charge is 0.385 e. The minimum absolute atomic E-state index is 0.0335. The molecule has 1 amide bonds. The number of carbonyl (C=O) groups excluding carboxylic acids is 1. The van der Waals surface area contributed by atoms with Gasteiger partial charge in [-0.1, -0.05) is 23.2 Å². The van der Waals surface area contributed by atoms with Gasteiger partial charge in [-0.15, -0.1) is 0 Å². The van der Waals surface area contributed by atoms with E-state index in [0.717, 1.165) is 28.6 Å². The monoisotopic (exact) mass is 419 g/mol. The Labute approximate surface area is 169 Å². The minimum atomic E-state index is -1.01. The SMILES string of the molecule is O=C(NC1[C@H]2C[C@](O)(c3cc(Cl)cc4[nH]ncc34)C[C@@H]12)c1cc(F)cc(Cl)c1. The molecule has 0 bridgehead atoms. The fourth-order valence-corrected chi connectivity index (χ4v) is 5.06. The fourth-order valence-electron chi connectivity index (χ4n) is 4.62. The Morgan fingerprint density at radius 2 is 1.89 bits per heavy atom. The number of fused-ring (bicyclic) bond motifs is 2. The summed E-state index contributed by atoms with van der Waals surface area (Å²) in [5.74, 6) is -0.574. The number of carbonyl (C=O) groups is 1. The van der Waals surface area contributed by atoms with Gasteiger partial charge in [-0.3, -0.25) is 9.89 Å². The van der Waals surface area contributed by atoms with E-state index in [2.05, 4.69) is 15.5 Å². The van der Waals surface area contributed by atoms with Gasteiger partial charge in [0.05, 0.1) is 17.3 Å². The summed E-state index contributed by atoms with van der Waals surface area (Å²) in [6, 6.07) is 7.29. The Bertz CT molecular complexity index is 1080. The molecule has 0 radical (unpaired) electrons. The van der Waals surface area contributed by atoms with Crippen molar-refractivity contribution in [1.82, 2.24) is 15.5 Å². The van der Waals surface area contributed by atoms with Crippen molar-refractivity contribution in [2.75, 3.05) is 0 Å². The van der Waals surface area contributed by atoms with Gasteiger partial charge < -0.3 is 10.4 Å². The van der Waals surface area contributed by atoms with Gasteiger partial charge in [0.15, 0.2) is 0 Å². The minimum Gasteiger partial charge on any atom is -0.385 e. The van der Waals surface area contributed by atoms with E-state index < -0.39 is 11.4 Å². The molecule has 1 aromatic heterocycles. The molecule has 28 heavy (non-hydrogen) atoms. The van der Waals surface area contributed by atoms with Gasteiger partial charge in [0, 0.05) is 27.0 Å². The molecule has 2 saturated carbocycles. The van der Waals surface area contributed by atoms with E-state index in [9.17, 15) is 14.3 Å². The molecule has 3 N–H and O–H groups in total. The van der Waals surface area contributed by atoms with Crippen molar-refractivity contribution >= 4 is 40.0 Å². The second-order valence-electron chi connectivity index (χ2n) is 7.71. The zero-order chi connectivity index (χ0) is 19.6. The molecule has 5 nitrogen and oxygen atoms in total. The number of H-pyrrole nitrogens is 1. The van der Waals surface area contributed by atoms with Crippen molar-refractivity contribution in [2.24, 2.45) is 11.8 Å². The van der Waals surface area contributed by atoms with Crippen LogP contribution in [0.5, 0.6) is 0 Å². The molecule has 5 rings (SSSR count). The average Bonchev–Trinajstić information content (AvgIpc) is 3.00. The van der Waals surface area contributed by atoms with E-state index in [4.69, 9.17) is 23.2 Å². The van der Waals surface area contributed by atoms with Crippen LogP contribution in [0.4, 0.5) is 4.39 Å². The fraction of sp³-hybridized carbons (Fsp3) is 0.300. The highest BCUT2D eigenvalue weighted by Crippen LogP contribution is 2.60. The molecule has 2 aliphatic carbocycles. The molecule has 144 valence electrons. The standard InChI is InChI=1S/C20H16Cl2FN3O2/c21-10-1-9(2-12(23)3-10)19(27)25-18-13-6-20(28,7-14(13)18)16-4-11(22)5-17-15(16)8-24-26-17/h1-5,8,13-14,18,28H,6-7H2,(H,24,26)(H,25,27)/t13-,14+,18?,20+. The first-order chi connectivity index (χ1) is 13.3. The van der Waals surface area contributed by atoms with E-state index in [0.29, 0.717) is 17.9 Å². The summed E-state index contributed by atoms with van der Waals surface area (Å²) in [6.07, 6.45) is 2.73. The number of aromatic nitrogens is 2. The van der Waals surface area contributed by atoms with E-state index in [1.807, 2.05) is 0 Å². The highest BCUT2D eigenvalue weighted by atomic mass is 35.5. The Hall–Kier alpha value is -2.15. The number of aliphatic hydroxyl groups is 1. The first kappa shape index (κ1) is 17.9. The summed E-state index contributed by atoms with van der Waals surface area (Å²) in [6.45, 7) is 0. The number of halogens is 3. The van der Waals surface area contributed by atoms with Crippen LogP contribution in [0.2, 0.25) is 10.0 Å². The van der Waals surface area contributed by atoms with Gasteiger partial charge in [-0.25, -0.2) is 4.39 Å². The van der Waals surface area contributed by atoms with Crippen LogP contribution in [-0.2, 0) is 5.60 Å². The number of amides is 1. The maximum atomic E-state index is 13.5. The van der Waals surface area contributed by atoms with Gasteiger partial charge in [0.25, 0.3) is 5.91 Å². The normalized spacial score (nSPS) is 28.4. The zero-order valence-electron chi connectivity index (χ0n) is 14.5. The van der Waals surface area contributed by atoms with Crippen LogP contribution in [0, 0.1) is 17.7 Å². The predicted molar refractivity (Wildman–Crippen MR) is 104 cm³/mol. The molecule has 8 heteroatoms. The molecule has 3 aromatic rings. The van der Waals surface area contributed by atoms with Crippen LogP contribution in [0.15, 0.2) is 36.5 Å². The zero-order valence-corrected chi connectivity index (χ0v) is 16.1. The summed E-state index contributed by atoms with van der Waals surface area (Å²) in [7, 11) is 0. The average molecular weight is 420 g/mol. The summed E-state index contributed by atoms with van der Waals surface area (Å²) < 4.78 is 13.5. The maximum absolute atomic E-state index is 13.5. The van der Waals surface area contributed by atoms with E-state index in [-0.39, 0.29) is 34.4 Å². The Kier molecular flexibility index (Phi) is 3.95. The first-order valence-corrected chi connectivity index (χ1v) is 9.72. The van der Waals surface area contributed by atoms with Gasteiger partial charge in [-0.2, -0.15) is 5.10 Å². The molecule has 0 spiro atoms. The quantitative estimate of drug-likeness (QED) is 0.599. The van der Waals surface area contributed by atoms with Gasteiger partial charge in [0.2, 0.25) is 0 Å². The van der Waals surface area contributed by atoms with E-state index >= 15 is 0 Å². The van der Waals surface area contributed by atoms with Crippen molar-refractivity contribution in [3.63, 3.8) is 0 Å². The van der Waals surface area contributed by atoms with Crippen LogP contribution in [-0.4, -0.2) is 27.3 Å². The molecular formula is C20H16Cl2FN3O2. The summed E-state index contributed by atoms with van der Waals surface area (Å²) in [5, 5.41) is 22.7. The van der Waals surface area contributed by atoms with Crippen LogP contribution < -0.4 is 5.32 Å². The second kappa shape index (κ2) is 6.17. The van der Waals surface area contributed by atoms with E-state index in [1.165, 1.54) is 6.07 Å². The molecule has 0 saturated heterocycles. The maximum Gasteiger partial charge on any atom is 0.251 e. The first-order valence-electron chi connectivity index (χ1n) is 8.96. The van der Waals surface area contributed by atoms with E-state index in [1.54, 1.807) is 18.3 Å². The lowest BCUT2D eigenvalue weighted by Gasteiger charge is -2.27. The third-order valence-electron chi connectivity index (χ3n) is 5.93. The van der Waals surface area contributed by atoms with Crippen molar-refractivity contribution in [2.45, 2.75) is 24.5 Å². The number of nitrogens with one attached hydrogen (secondary N) is 2. The number of hydrogen-bond acceptors (Lipinski definition) is 3. The lowest BCUT2D eigenvalue weighted by molar-refractivity contribution is 0.0293. The van der Waals surface area contributed by atoms with Crippen LogP contribution >= 0.6 is 23.2 Å². The van der Waals surface area contributed by atoms with Crippen molar-refractivity contribution in [1.29, 1.82) is 0 Å².